The van der Waals surface area contributed by atoms with Gasteiger partial charge in [0.15, 0.2) is 0 Å². The Balaban J connectivity index is 1.16. The Morgan fingerprint density at radius 3 is 2.26 bits per heavy atom. The maximum Gasteiger partial charge on any atom is 0.407 e. The number of aliphatic carboxylic acids is 1. The van der Waals surface area contributed by atoms with Crippen LogP contribution in [0, 0.1) is 5.92 Å². The van der Waals surface area contributed by atoms with Gasteiger partial charge >= 0.3 is 12.1 Å². The number of rotatable bonds is 5. The number of likely N-dealkylation sites (tertiary alicyclic amines) is 1. The van der Waals surface area contributed by atoms with Crippen molar-refractivity contribution in [3.8, 4) is 11.1 Å². The minimum atomic E-state index is -1.10. The van der Waals surface area contributed by atoms with Gasteiger partial charge in [-0.2, -0.15) is 0 Å². The third kappa shape index (κ3) is 4.14. The Morgan fingerprint density at radius 1 is 0.971 bits per heavy atom. The van der Waals surface area contributed by atoms with E-state index in [1.165, 1.54) is 4.90 Å². The molecule has 1 aliphatic heterocycles. The van der Waals surface area contributed by atoms with Crippen molar-refractivity contribution in [2.24, 2.45) is 5.92 Å². The Labute approximate surface area is 197 Å². The van der Waals surface area contributed by atoms with E-state index in [0.29, 0.717) is 19.3 Å². The molecule has 2 aromatic carbocycles. The van der Waals surface area contributed by atoms with Gasteiger partial charge in [-0.25, -0.2) is 9.59 Å². The van der Waals surface area contributed by atoms with Gasteiger partial charge in [0.2, 0.25) is 5.91 Å². The highest BCUT2D eigenvalue weighted by molar-refractivity contribution is 5.86. The fourth-order valence-electron chi connectivity index (χ4n) is 5.67. The largest absolute Gasteiger partial charge is 0.480 e. The molecule has 34 heavy (non-hydrogen) atoms. The molecule has 0 bridgehead atoms. The number of nitrogens with zero attached hydrogens (tertiary/aromatic N) is 1. The van der Waals surface area contributed by atoms with E-state index in [9.17, 15) is 24.6 Å². The fraction of sp³-hybridized carbons (Fsp3) is 0.423. The number of hydrogen-bond donors (Lipinski definition) is 3. The molecule has 4 atom stereocenters. The molecule has 5 rings (SSSR count). The highest BCUT2D eigenvalue weighted by Gasteiger charge is 2.43. The quantitative estimate of drug-likeness (QED) is 0.627. The number of amides is 2. The van der Waals surface area contributed by atoms with Crippen LogP contribution in [0.5, 0.6) is 0 Å². The number of carbonyl (C=O) groups excluding carboxylic acids is 2. The van der Waals surface area contributed by atoms with Crippen LogP contribution in [-0.4, -0.2) is 64.4 Å². The lowest BCUT2D eigenvalue weighted by atomic mass is 9.98. The van der Waals surface area contributed by atoms with E-state index < -0.39 is 24.2 Å². The monoisotopic (exact) mass is 464 g/mol. The molecule has 8 nitrogen and oxygen atoms in total. The number of aliphatic hydroxyl groups excluding tert-OH is 1. The molecule has 2 amide bonds. The van der Waals surface area contributed by atoms with Gasteiger partial charge in [-0.05, 0) is 41.5 Å². The summed E-state index contributed by atoms with van der Waals surface area (Å²) in [7, 11) is 0. The van der Waals surface area contributed by atoms with Gasteiger partial charge < -0.3 is 25.2 Å². The number of carboxylic acids is 1. The highest BCUT2D eigenvalue weighted by Crippen LogP contribution is 2.44. The van der Waals surface area contributed by atoms with Crippen LogP contribution >= 0.6 is 0 Å². The maximum absolute atomic E-state index is 12.9. The van der Waals surface area contributed by atoms with Gasteiger partial charge in [0.1, 0.15) is 12.6 Å². The number of carbonyl (C=O) groups is 3. The average Bonchev–Trinajstić information content (AvgIpc) is 3.53. The highest BCUT2D eigenvalue weighted by atomic mass is 16.5. The molecule has 8 heteroatoms. The Kier molecular flexibility index (Phi) is 6.00. The molecule has 1 saturated carbocycles. The summed E-state index contributed by atoms with van der Waals surface area (Å²) in [5.41, 5.74) is 4.61. The standard InChI is InChI=1S/C26H28N2O6/c29-17-12-23(25(31)32)28(13-17)24(30)15-9-10-16(11-15)27-26(33)34-14-22-20-7-3-1-5-18(20)19-6-2-4-8-21(19)22/h1-8,15-17,22-23,29H,9-14H2,(H,27,33)(H,31,32)/t15-,16+,17+,23+/m0/s1. The van der Waals surface area contributed by atoms with Gasteiger partial charge in [-0.1, -0.05) is 48.5 Å². The zero-order chi connectivity index (χ0) is 23.8. The minimum absolute atomic E-state index is 0.0226. The zero-order valence-corrected chi connectivity index (χ0v) is 18.7. The Bertz CT molecular complexity index is 1070. The van der Waals surface area contributed by atoms with Crippen LogP contribution in [-0.2, 0) is 14.3 Å². The first-order chi connectivity index (χ1) is 16.4. The second kappa shape index (κ2) is 9.10. The molecule has 2 aliphatic carbocycles. The number of alkyl carbamates (subject to hydrolysis) is 1. The number of fused-ring (bicyclic) bond motifs is 3. The molecule has 0 radical (unpaired) electrons. The lowest BCUT2D eigenvalue weighted by molar-refractivity contribution is -0.149. The summed E-state index contributed by atoms with van der Waals surface area (Å²) in [6, 6.07) is 15.1. The number of β-amino-alcohol motifs (C(OH)–C–C–N with tert-alkyl or cyclic N) is 1. The average molecular weight is 465 g/mol. The molecule has 2 aromatic rings. The van der Waals surface area contributed by atoms with Crippen molar-refractivity contribution in [2.45, 2.75) is 49.8 Å². The smallest absolute Gasteiger partial charge is 0.407 e. The SMILES string of the molecule is O=C(N[C@@H]1CC[C@H](C(=O)N2C[C@H](O)C[C@@H]2C(=O)O)C1)OCC1c2ccccc2-c2ccccc21. The van der Waals surface area contributed by atoms with Crippen LogP contribution < -0.4 is 5.32 Å². The molecule has 0 aromatic heterocycles. The van der Waals surface area contributed by atoms with Crippen molar-refractivity contribution in [3.05, 3.63) is 59.7 Å². The maximum atomic E-state index is 12.9. The third-order valence-electron chi connectivity index (χ3n) is 7.29. The van der Waals surface area contributed by atoms with Crippen LogP contribution in [0.2, 0.25) is 0 Å². The van der Waals surface area contributed by atoms with E-state index in [1.807, 2.05) is 24.3 Å². The van der Waals surface area contributed by atoms with E-state index in [2.05, 4.69) is 29.6 Å². The van der Waals surface area contributed by atoms with E-state index in [4.69, 9.17) is 4.74 Å². The number of benzene rings is 2. The number of hydrogen-bond acceptors (Lipinski definition) is 5. The first-order valence-corrected chi connectivity index (χ1v) is 11.7. The molecule has 0 spiro atoms. The van der Waals surface area contributed by atoms with Gasteiger partial charge in [0.25, 0.3) is 0 Å². The van der Waals surface area contributed by atoms with Crippen LogP contribution in [0.15, 0.2) is 48.5 Å². The summed E-state index contributed by atoms with van der Waals surface area (Å²) in [5, 5.41) is 22.1. The molecule has 1 heterocycles. The minimum Gasteiger partial charge on any atom is -0.480 e. The second-order valence-corrected chi connectivity index (χ2v) is 9.41. The summed E-state index contributed by atoms with van der Waals surface area (Å²) < 4.78 is 5.60. The molecule has 3 aliphatic rings. The van der Waals surface area contributed by atoms with Gasteiger partial charge in [-0.3, -0.25) is 4.79 Å². The summed E-state index contributed by atoms with van der Waals surface area (Å²) in [5.74, 6) is -1.76. The lowest BCUT2D eigenvalue weighted by Crippen LogP contribution is -2.43. The fourth-order valence-corrected chi connectivity index (χ4v) is 5.67. The molecular formula is C26H28N2O6. The number of nitrogens with one attached hydrogen (secondary N) is 1. The van der Waals surface area contributed by atoms with Crippen molar-refractivity contribution in [1.82, 2.24) is 10.2 Å². The van der Waals surface area contributed by atoms with Gasteiger partial charge in [0, 0.05) is 30.8 Å². The van der Waals surface area contributed by atoms with Crippen molar-refractivity contribution in [1.29, 1.82) is 0 Å². The summed E-state index contributed by atoms with van der Waals surface area (Å²) >= 11 is 0. The first kappa shape index (κ1) is 22.4. The normalized spacial score (nSPS) is 25.6. The Hall–Kier alpha value is -3.39. The number of ether oxygens (including phenoxy) is 1. The van der Waals surface area contributed by atoms with Crippen LogP contribution in [0.1, 0.15) is 42.7 Å². The van der Waals surface area contributed by atoms with Crippen LogP contribution in [0.3, 0.4) is 0 Å². The molecule has 2 fully saturated rings. The lowest BCUT2D eigenvalue weighted by Gasteiger charge is -2.24. The molecule has 178 valence electrons. The molecule has 0 unspecified atom stereocenters. The summed E-state index contributed by atoms with van der Waals surface area (Å²) in [6.07, 6.45) is 0.332. The summed E-state index contributed by atoms with van der Waals surface area (Å²) in [6.45, 7) is 0.262. The first-order valence-electron chi connectivity index (χ1n) is 11.7. The number of carboxylic acid groups (broad SMARTS) is 1. The predicted molar refractivity (Wildman–Crippen MR) is 123 cm³/mol. The predicted octanol–water partition coefficient (Wildman–Crippen LogP) is 2.74. The van der Waals surface area contributed by atoms with E-state index in [1.54, 1.807) is 0 Å². The molecule has 3 N–H and O–H groups in total. The van der Waals surface area contributed by atoms with Crippen molar-refractivity contribution in [3.63, 3.8) is 0 Å². The zero-order valence-electron chi connectivity index (χ0n) is 18.7. The summed E-state index contributed by atoms with van der Waals surface area (Å²) in [4.78, 5) is 38.2. The van der Waals surface area contributed by atoms with Crippen LogP contribution in [0.25, 0.3) is 11.1 Å². The second-order valence-electron chi connectivity index (χ2n) is 9.41. The van der Waals surface area contributed by atoms with Crippen molar-refractivity contribution < 1.29 is 29.3 Å². The molecular weight excluding hydrogens is 436 g/mol. The van der Waals surface area contributed by atoms with Crippen molar-refractivity contribution >= 4 is 18.0 Å². The van der Waals surface area contributed by atoms with E-state index >= 15 is 0 Å². The van der Waals surface area contributed by atoms with Gasteiger partial charge in [0.05, 0.1) is 6.10 Å². The topological polar surface area (TPSA) is 116 Å². The van der Waals surface area contributed by atoms with Gasteiger partial charge in [-0.15, -0.1) is 0 Å². The molecule has 1 saturated heterocycles. The third-order valence-corrected chi connectivity index (χ3v) is 7.29. The van der Waals surface area contributed by atoms with E-state index in [0.717, 1.165) is 22.3 Å². The van der Waals surface area contributed by atoms with E-state index in [-0.39, 0.29) is 43.4 Å². The number of aliphatic hydroxyl groups is 1. The van der Waals surface area contributed by atoms with Crippen LogP contribution in [0.4, 0.5) is 4.79 Å². The Morgan fingerprint density at radius 2 is 1.62 bits per heavy atom. The van der Waals surface area contributed by atoms with Crippen molar-refractivity contribution in [2.75, 3.05) is 13.2 Å².